The van der Waals surface area contributed by atoms with Crippen molar-refractivity contribution in [2.45, 2.75) is 33.7 Å². The van der Waals surface area contributed by atoms with Crippen molar-refractivity contribution in [1.29, 1.82) is 0 Å². The van der Waals surface area contributed by atoms with Crippen LogP contribution < -0.4 is 5.32 Å². The predicted molar refractivity (Wildman–Crippen MR) is 112 cm³/mol. The summed E-state index contributed by atoms with van der Waals surface area (Å²) in [6.45, 7) is 11.1. The Hall–Kier alpha value is -2.24. The van der Waals surface area contributed by atoms with Gasteiger partial charge in [-0.2, -0.15) is 0 Å². The second-order valence-corrected chi connectivity index (χ2v) is 7.85. The summed E-state index contributed by atoms with van der Waals surface area (Å²) in [6.07, 6.45) is 1.02. The van der Waals surface area contributed by atoms with E-state index >= 15 is 0 Å². The largest absolute Gasteiger partial charge is 0.324 e. The molecule has 0 atom stereocenters. The number of hydrogen-bond donors (Lipinski definition) is 1. The first-order chi connectivity index (χ1) is 13.4. The summed E-state index contributed by atoms with van der Waals surface area (Å²) in [6, 6.07) is 10.9. The number of carbonyl (C=O) groups is 1. The van der Waals surface area contributed by atoms with E-state index in [2.05, 4.69) is 34.2 Å². The highest BCUT2D eigenvalue weighted by molar-refractivity contribution is 5.93. The van der Waals surface area contributed by atoms with Gasteiger partial charge in [-0.1, -0.05) is 29.8 Å². The summed E-state index contributed by atoms with van der Waals surface area (Å²) >= 11 is 0. The van der Waals surface area contributed by atoms with Gasteiger partial charge in [0.2, 0.25) is 5.91 Å². The summed E-state index contributed by atoms with van der Waals surface area (Å²) in [5.74, 6) is -0.155. The van der Waals surface area contributed by atoms with Crippen LogP contribution in [0, 0.1) is 26.6 Å². The molecule has 0 saturated carbocycles. The highest BCUT2D eigenvalue weighted by Crippen LogP contribution is 2.22. The van der Waals surface area contributed by atoms with E-state index in [9.17, 15) is 9.18 Å². The number of carbonyl (C=O) groups excluding carboxylic acids is 1. The van der Waals surface area contributed by atoms with Crippen molar-refractivity contribution in [2.75, 3.05) is 38.0 Å². The van der Waals surface area contributed by atoms with Gasteiger partial charge in [0.15, 0.2) is 0 Å². The van der Waals surface area contributed by atoms with Gasteiger partial charge < -0.3 is 5.32 Å². The van der Waals surface area contributed by atoms with E-state index in [4.69, 9.17) is 0 Å². The Bertz CT molecular complexity index is 796. The van der Waals surface area contributed by atoms with Crippen molar-refractivity contribution < 1.29 is 9.18 Å². The zero-order valence-electron chi connectivity index (χ0n) is 17.1. The topological polar surface area (TPSA) is 35.6 Å². The Balaban J connectivity index is 1.51. The maximum absolute atomic E-state index is 13.1. The molecule has 1 fully saturated rings. The van der Waals surface area contributed by atoms with Gasteiger partial charge in [0.1, 0.15) is 5.82 Å². The lowest BCUT2D eigenvalue weighted by Gasteiger charge is -2.22. The fourth-order valence-electron chi connectivity index (χ4n) is 3.95. The van der Waals surface area contributed by atoms with Crippen LogP contribution in [0.5, 0.6) is 0 Å². The maximum atomic E-state index is 13.1. The zero-order valence-corrected chi connectivity index (χ0v) is 17.1. The monoisotopic (exact) mass is 383 g/mol. The van der Waals surface area contributed by atoms with E-state index in [1.807, 2.05) is 26.0 Å². The van der Waals surface area contributed by atoms with Gasteiger partial charge in [-0.15, -0.1) is 0 Å². The molecule has 0 spiro atoms. The molecule has 1 heterocycles. The summed E-state index contributed by atoms with van der Waals surface area (Å²) in [4.78, 5) is 17.2. The first-order valence-corrected chi connectivity index (χ1v) is 9.97. The molecule has 0 aromatic heterocycles. The highest BCUT2D eigenvalue weighted by Gasteiger charge is 2.18. The Morgan fingerprint density at radius 2 is 1.57 bits per heavy atom. The quantitative estimate of drug-likeness (QED) is 0.851. The summed E-state index contributed by atoms with van der Waals surface area (Å²) < 4.78 is 13.1. The summed E-state index contributed by atoms with van der Waals surface area (Å²) in [5, 5.41) is 3.10. The number of benzene rings is 2. The average molecular weight is 384 g/mol. The maximum Gasteiger partial charge on any atom is 0.238 e. The lowest BCUT2D eigenvalue weighted by Crippen LogP contribution is -2.36. The molecule has 5 heteroatoms. The minimum Gasteiger partial charge on any atom is -0.324 e. The van der Waals surface area contributed by atoms with Gasteiger partial charge in [-0.05, 0) is 69.1 Å². The normalized spacial score (nSPS) is 16.0. The minimum absolute atomic E-state index is 0.0436. The van der Waals surface area contributed by atoms with Gasteiger partial charge >= 0.3 is 0 Å². The molecule has 0 radical (unpaired) electrons. The van der Waals surface area contributed by atoms with Crippen LogP contribution in [0.2, 0.25) is 0 Å². The van der Waals surface area contributed by atoms with Crippen LogP contribution in [0.15, 0.2) is 36.4 Å². The molecule has 150 valence electrons. The molecule has 0 unspecified atom stereocenters. The lowest BCUT2D eigenvalue weighted by atomic mass is 10.1. The molecular formula is C23H30FN3O. The second-order valence-electron chi connectivity index (χ2n) is 7.85. The van der Waals surface area contributed by atoms with Crippen LogP contribution in [-0.4, -0.2) is 48.4 Å². The van der Waals surface area contributed by atoms with Crippen LogP contribution in [0.4, 0.5) is 10.1 Å². The second kappa shape index (κ2) is 9.30. The number of anilines is 1. The molecule has 3 rings (SSSR count). The highest BCUT2D eigenvalue weighted by atomic mass is 19.1. The van der Waals surface area contributed by atoms with Gasteiger partial charge in [-0.3, -0.25) is 14.6 Å². The van der Waals surface area contributed by atoms with E-state index in [0.717, 1.165) is 61.5 Å². The van der Waals surface area contributed by atoms with Crippen molar-refractivity contribution in [2.24, 2.45) is 0 Å². The molecule has 1 aliphatic rings. The van der Waals surface area contributed by atoms with Crippen LogP contribution in [0.3, 0.4) is 0 Å². The van der Waals surface area contributed by atoms with E-state index in [0.29, 0.717) is 6.54 Å². The number of aryl methyl sites for hydroxylation is 3. The third-order valence-corrected chi connectivity index (χ3v) is 5.31. The van der Waals surface area contributed by atoms with Crippen LogP contribution in [-0.2, 0) is 11.3 Å². The van der Waals surface area contributed by atoms with Crippen molar-refractivity contribution in [3.63, 3.8) is 0 Å². The van der Waals surface area contributed by atoms with Crippen LogP contribution in [0.25, 0.3) is 0 Å². The smallest absolute Gasteiger partial charge is 0.238 e. The molecule has 0 bridgehead atoms. The number of hydrogen-bond acceptors (Lipinski definition) is 3. The zero-order chi connectivity index (χ0) is 20.1. The molecule has 2 aromatic rings. The number of amides is 1. The molecule has 0 aliphatic carbocycles. The van der Waals surface area contributed by atoms with Crippen molar-refractivity contribution in [3.05, 3.63) is 64.5 Å². The Labute approximate surface area is 167 Å². The van der Waals surface area contributed by atoms with Crippen molar-refractivity contribution in [3.8, 4) is 0 Å². The SMILES string of the molecule is Cc1cc(C)c(NC(=O)CN2CCCN(Cc3ccc(F)cc3)CC2)c(C)c1. The van der Waals surface area contributed by atoms with Crippen LogP contribution >= 0.6 is 0 Å². The number of nitrogens with one attached hydrogen (secondary N) is 1. The third-order valence-electron chi connectivity index (χ3n) is 5.31. The van der Waals surface area contributed by atoms with Gasteiger partial charge in [0.25, 0.3) is 0 Å². The van der Waals surface area contributed by atoms with E-state index in [1.54, 1.807) is 0 Å². The van der Waals surface area contributed by atoms with Crippen LogP contribution in [0.1, 0.15) is 28.7 Å². The molecule has 2 aromatic carbocycles. The van der Waals surface area contributed by atoms with Crippen molar-refractivity contribution >= 4 is 11.6 Å². The minimum atomic E-state index is -0.198. The summed E-state index contributed by atoms with van der Waals surface area (Å²) in [7, 11) is 0. The number of rotatable bonds is 5. The standard InChI is InChI=1S/C23H30FN3O/c1-17-13-18(2)23(19(3)14-17)25-22(28)16-27-10-4-9-26(11-12-27)15-20-5-7-21(24)8-6-20/h5-8,13-14H,4,9-12,15-16H2,1-3H3,(H,25,28). The average Bonchev–Trinajstić information content (AvgIpc) is 2.85. The molecule has 1 amide bonds. The predicted octanol–water partition coefficient (Wildman–Crippen LogP) is 3.90. The molecule has 1 aliphatic heterocycles. The molecule has 4 nitrogen and oxygen atoms in total. The number of nitrogens with zero attached hydrogens (tertiary/aromatic N) is 2. The first kappa shape index (κ1) is 20.5. The van der Waals surface area contributed by atoms with Crippen molar-refractivity contribution in [1.82, 2.24) is 9.80 Å². The van der Waals surface area contributed by atoms with Gasteiger partial charge in [0.05, 0.1) is 6.54 Å². The first-order valence-electron chi connectivity index (χ1n) is 9.97. The Kier molecular flexibility index (Phi) is 6.81. The summed E-state index contributed by atoms with van der Waals surface area (Å²) in [5.41, 5.74) is 5.47. The van der Waals surface area contributed by atoms with E-state index < -0.39 is 0 Å². The van der Waals surface area contributed by atoms with E-state index in [1.165, 1.54) is 17.7 Å². The third kappa shape index (κ3) is 5.63. The Morgan fingerprint density at radius 3 is 2.25 bits per heavy atom. The lowest BCUT2D eigenvalue weighted by molar-refractivity contribution is -0.117. The molecule has 1 N–H and O–H groups in total. The van der Waals surface area contributed by atoms with Gasteiger partial charge in [0, 0.05) is 25.3 Å². The fourth-order valence-corrected chi connectivity index (χ4v) is 3.95. The fraction of sp³-hybridized carbons (Fsp3) is 0.435. The molecule has 1 saturated heterocycles. The Morgan fingerprint density at radius 1 is 0.964 bits per heavy atom. The number of halogens is 1. The molecular weight excluding hydrogens is 353 g/mol. The molecule has 28 heavy (non-hydrogen) atoms. The van der Waals surface area contributed by atoms with E-state index in [-0.39, 0.29) is 11.7 Å². The van der Waals surface area contributed by atoms with Gasteiger partial charge in [-0.25, -0.2) is 4.39 Å².